The summed E-state index contributed by atoms with van der Waals surface area (Å²) < 4.78 is 47.6. The van der Waals surface area contributed by atoms with Crippen LogP contribution < -0.4 is 19.5 Å². The zero-order valence-corrected chi connectivity index (χ0v) is 25.5. The summed E-state index contributed by atoms with van der Waals surface area (Å²) in [7, 11) is 1.39. The summed E-state index contributed by atoms with van der Waals surface area (Å²) in [6, 6.07) is 6.06. The molecule has 1 aliphatic heterocycles. The first kappa shape index (κ1) is 33.6. The van der Waals surface area contributed by atoms with E-state index in [0.29, 0.717) is 25.2 Å². The molecule has 236 valence electrons. The first-order valence-electron chi connectivity index (χ1n) is 14.4. The van der Waals surface area contributed by atoms with Crippen LogP contribution in [0.2, 0.25) is 0 Å². The van der Waals surface area contributed by atoms with Crippen molar-refractivity contribution < 1.29 is 47.2 Å². The highest BCUT2D eigenvalue weighted by Crippen LogP contribution is 2.30. The minimum absolute atomic E-state index is 0.0428. The van der Waals surface area contributed by atoms with Gasteiger partial charge in [0.2, 0.25) is 6.79 Å². The molecule has 1 aromatic carbocycles. The molecule has 1 saturated heterocycles. The number of nitrogens with one attached hydrogen (secondary N) is 1. The number of cyclic esters (lactones) is 1. The Kier molecular flexibility index (Phi) is 12.5. The first-order valence-corrected chi connectivity index (χ1v) is 14.4. The molecule has 1 aromatic heterocycles. The lowest BCUT2D eigenvalue weighted by atomic mass is 10.0. The number of methoxy groups -OCH3 is 1. The maximum absolute atomic E-state index is 13.5. The summed E-state index contributed by atoms with van der Waals surface area (Å²) in [4.78, 5) is 42.7. The fourth-order valence-electron chi connectivity index (χ4n) is 4.34. The molecule has 2 heterocycles. The summed E-state index contributed by atoms with van der Waals surface area (Å²) in [5.41, 5.74) is -0.156. The van der Waals surface area contributed by atoms with E-state index in [9.17, 15) is 18.8 Å². The third-order valence-electron chi connectivity index (χ3n) is 6.61. The number of hydrogen-bond acceptors (Lipinski definition) is 10. The average molecular weight is 605 g/mol. The SMILES string of the molecule is COc1ccnc(C(=O)NC2CCCC(OCC(C)C)C(Oc3ccc(F)cc3)C(C)OC2=O)c1OCOC(=O)C(C)C. The topological polar surface area (TPSA) is 132 Å². The van der Waals surface area contributed by atoms with Gasteiger partial charge < -0.3 is 33.7 Å². The molecule has 1 N–H and O–H groups in total. The van der Waals surface area contributed by atoms with E-state index in [1.54, 1.807) is 20.8 Å². The van der Waals surface area contributed by atoms with Crippen LogP contribution in [0.1, 0.15) is 64.4 Å². The minimum atomic E-state index is -1.01. The van der Waals surface area contributed by atoms with Crippen molar-refractivity contribution >= 4 is 17.8 Å². The van der Waals surface area contributed by atoms with E-state index < -0.39 is 54.8 Å². The van der Waals surface area contributed by atoms with Gasteiger partial charge in [0.1, 0.15) is 23.7 Å². The number of carbonyl (C=O) groups excluding carboxylic acids is 3. The van der Waals surface area contributed by atoms with Crippen molar-refractivity contribution in [3.05, 3.63) is 48.0 Å². The number of aromatic nitrogens is 1. The van der Waals surface area contributed by atoms with Crippen LogP contribution in [0.3, 0.4) is 0 Å². The van der Waals surface area contributed by atoms with Crippen molar-refractivity contribution in [2.24, 2.45) is 11.8 Å². The monoisotopic (exact) mass is 604 g/mol. The highest BCUT2D eigenvalue weighted by atomic mass is 19.1. The Morgan fingerprint density at radius 3 is 2.49 bits per heavy atom. The lowest BCUT2D eigenvalue weighted by Gasteiger charge is -2.32. The Hall–Kier alpha value is -3.93. The number of benzene rings is 1. The molecule has 3 rings (SSSR count). The molecule has 1 amide bonds. The van der Waals surface area contributed by atoms with E-state index in [-0.39, 0.29) is 35.4 Å². The Bertz CT molecular complexity index is 1220. The Balaban J connectivity index is 1.78. The first-order chi connectivity index (χ1) is 20.5. The van der Waals surface area contributed by atoms with Gasteiger partial charge in [-0.25, -0.2) is 14.2 Å². The molecular weight excluding hydrogens is 563 g/mol. The van der Waals surface area contributed by atoms with Gasteiger partial charge in [0.05, 0.1) is 19.1 Å². The maximum atomic E-state index is 13.5. The van der Waals surface area contributed by atoms with Gasteiger partial charge in [-0.3, -0.25) is 9.59 Å². The molecule has 4 unspecified atom stereocenters. The van der Waals surface area contributed by atoms with Crippen molar-refractivity contribution in [3.63, 3.8) is 0 Å². The number of hydrogen-bond donors (Lipinski definition) is 1. The van der Waals surface area contributed by atoms with Gasteiger partial charge in [-0.1, -0.05) is 27.7 Å². The van der Waals surface area contributed by atoms with Crippen LogP contribution in [-0.2, 0) is 23.8 Å². The third kappa shape index (κ3) is 9.81. The highest BCUT2D eigenvalue weighted by molar-refractivity contribution is 5.98. The fraction of sp³-hybridized carbons (Fsp3) is 0.548. The quantitative estimate of drug-likeness (QED) is 0.274. The summed E-state index contributed by atoms with van der Waals surface area (Å²) in [6.45, 7) is 9.10. The molecule has 0 radical (unpaired) electrons. The molecule has 2 aromatic rings. The molecule has 12 heteroatoms. The molecule has 11 nitrogen and oxygen atoms in total. The molecule has 43 heavy (non-hydrogen) atoms. The summed E-state index contributed by atoms with van der Waals surface area (Å²) >= 11 is 0. The molecule has 1 aliphatic rings. The lowest BCUT2D eigenvalue weighted by molar-refractivity contribution is -0.159. The van der Waals surface area contributed by atoms with Crippen LogP contribution in [-0.4, -0.2) is 67.7 Å². The smallest absolute Gasteiger partial charge is 0.329 e. The number of amides is 1. The Morgan fingerprint density at radius 1 is 1.12 bits per heavy atom. The van der Waals surface area contributed by atoms with Crippen LogP contribution in [0.25, 0.3) is 0 Å². The molecular formula is C31H41FN2O9. The van der Waals surface area contributed by atoms with Crippen molar-refractivity contribution in [1.29, 1.82) is 0 Å². The van der Waals surface area contributed by atoms with E-state index >= 15 is 0 Å². The zero-order valence-electron chi connectivity index (χ0n) is 25.5. The maximum Gasteiger partial charge on any atom is 0.329 e. The molecule has 0 spiro atoms. The number of halogens is 1. The van der Waals surface area contributed by atoms with Crippen LogP contribution >= 0.6 is 0 Å². The third-order valence-corrected chi connectivity index (χ3v) is 6.61. The van der Waals surface area contributed by atoms with Crippen molar-refractivity contribution in [2.45, 2.75) is 78.2 Å². The molecule has 0 aliphatic carbocycles. The summed E-state index contributed by atoms with van der Waals surface area (Å²) in [6.07, 6.45) is 0.746. The normalized spacial score (nSPS) is 20.8. The van der Waals surface area contributed by atoms with E-state index in [2.05, 4.69) is 10.3 Å². The van der Waals surface area contributed by atoms with Crippen molar-refractivity contribution in [3.8, 4) is 17.2 Å². The van der Waals surface area contributed by atoms with E-state index in [1.165, 1.54) is 43.6 Å². The van der Waals surface area contributed by atoms with Gasteiger partial charge in [-0.2, -0.15) is 0 Å². The second-order valence-corrected chi connectivity index (χ2v) is 11.0. The predicted octanol–water partition coefficient (Wildman–Crippen LogP) is 4.47. The van der Waals surface area contributed by atoms with Gasteiger partial charge in [0.15, 0.2) is 23.3 Å². The van der Waals surface area contributed by atoms with Crippen molar-refractivity contribution in [2.75, 3.05) is 20.5 Å². The number of nitrogens with zero attached hydrogens (tertiary/aromatic N) is 1. The van der Waals surface area contributed by atoms with Crippen LogP contribution in [0.15, 0.2) is 36.5 Å². The molecule has 1 fully saturated rings. The van der Waals surface area contributed by atoms with Crippen LogP contribution in [0, 0.1) is 17.7 Å². The zero-order chi connectivity index (χ0) is 31.5. The second kappa shape index (κ2) is 16.1. The van der Waals surface area contributed by atoms with Crippen LogP contribution in [0.4, 0.5) is 4.39 Å². The van der Waals surface area contributed by atoms with Gasteiger partial charge in [0, 0.05) is 18.9 Å². The standard InChI is InChI=1S/C31H41FN2O9/c1-18(2)16-39-25-9-7-8-23(31(37)42-20(5)27(25)43-22-12-10-21(32)11-13-22)34-29(35)26-28(24(38-6)14-15-33-26)40-17-41-30(36)19(3)4/h10-15,18-20,23,25,27H,7-9,16-17H2,1-6H3,(H,34,35). The van der Waals surface area contributed by atoms with Gasteiger partial charge >= 0.3 is 11.9 Å². The Morgan fingerprint density at radius 2 is 1.84 bits per heavy atom. The van der Waals surface area contributed by atoms with Gasteiger partial charge in [-0.05, 0) is 56.4 Å². The molecule has 0 bridgehead atoms. The number of rotatable bonds is 12. The van der Waals surface area contributed by atoms with Crippen molar-refractivity contribution in [1.82, 2.24) is 10.3 Å². The summed E-state index contributed by atoms with van der Waals surface area (Å²) in [5, 5.41) is 2.70. The summed E-state index contributed by atoms with van der Waals surface area (Å²) in [5.74, 6) is -1.79. The molecule has 4 atom stereocenters. The van der Waals surface area contributed by atoms with E-state index in [1.807, 2.05) is 13.8 Å². The predicted molar refractivity (Wildman–Crippen MR) is 153 cm³/mol. The molecule has 0 saturated carbocycles. The minimum Gasteiger partial charge on any atom is -0.493 e. The number of esters is 2. The van der Waals surface area contributed by atoms with E-state index in [4.69, 9.17) is 28.4 Å². The van der Waals surface area contributed by atoms with Crippen LogP contribution in [0.5, 0.6) is 17.2 Å². The highest BCUT2D eigenvalue weighted by Gasteiger charge is 2.37. The van der Waals surface area contributed by atoms with Gasteiger partial charge in [-0.15, -0.1) is 0 Å². The average Bonchev–Trinajstić information content (AvgIpc) is 3.02. The largest absolute Gasteiger partial charge is 0.493 e. The van der Waals surface area contributed by atoms with E-state index in [0.717, 1.165) is 0 Å². The Labute approximate surface area is 251 Å². The number of carbonyl (C=O) groups is 3. The number of pyridine rings is 1. The fourth-order valence-corrected chi connectivity index (χ4v) is 4.34. The lowest BCUT2D eigenvalue weighted by Crippen LogP contribution is -2.47. The van der Waals surface area contributed by atoms with Gasteiger partial charge in [0.25, 0.3) is 5.91 Å². The second-order valence-electron chi connectivity index (χ2n) is 11.0. The number of ether oxygens (including phenoxy) is 6.